The molecule has 0 aromatic heterocycles. The smallest absolute Gasteiger partial charge is 0.407 e. The number of piperazine rings is 1. The van der Waals surface area contributed by atoms with Crippen LogP contribution in [0.15, 0.2) is 48.5 Å². The number of carboxylic acid groups (broad SMARTS) is 1. The van der Waals surface area contributed by atoms with Gasteiger partial charge in [0, 0.05) is 45.2 Å². The Morgan fingerprint density at radius 1 is 1.00 bits per heavy atom. The van der Waals surface area contributed by atoms with E-state index in [4.69, 9.17) is 9.84 Å². The minimum atomic E-state index is -0.811. The maximum Gasteiger partial charge on any atom is 0.407 e. The van der Waals surface area contributed by atoms with Gasteiger partial charge in [-0.05, 0) is 28.7 Å². The molecule has 1 saturated heterocycles. The van der Waals surface area contributed by atoms with Crippen molar-refractivity contribution in [1.29, 1.82) is 0 Å². The van der Waals surface area contributed by atoms with Gasteiger partial charge < -0.3 is 20.1 Å². The first-order valence-electron chi connectivity index (χ1n) is 12.3. The Balaban J connectivity index is 1.25. The van der Waals surface area contributed by atoms with Crippen LogP contribution >= 0.6 is 0 Å². The van der Waals surface area contributed by atoms with Gasteiger partial charge in [-0.3, -0.25) is 14.5 Å². The van der Waals surface area contributed by atoms with Crippen LogP contribution in [0.1, 0.15) is 36.8 Å². The normalized spacial score (nSPS) is 16.3. The Bertz CT molecular complexity index is 1020. The number of carbonyl (C=O) groups excluding carboxylic acids is 2. The van der Waals surface area contributed by atoms with Crippen molar-refractivity contribution in [2.75, 3.05) is 45.9 Å². The molecule has 1 atom stereocenters. The summed E-state index contributed by atoms with van der Waals surface area (Å²) in [5.41, 5.74) is 4.67. The lowest BCUT2D eigenvalue weighted by molar-refractivity contribution is -0.139. The molecule has 2 aromatic carbocycles. The number of ether oxygens (including phenoxy) is 1. The van der Waals surface area contributed by atoms with E-state index in [1.807, 2.05) is 36.1 Å². The molecule has 1 heterocycles. The molecular formula is C27H33N3O5. The third kappa shape index (κ3) is 5.82. The van der Waals surface area contributed by atoms with Crippen LogP contribution in [-0.2, 0) is 14.3 Å². The Morgan fingerprint density at radius 3 is 2.17 bits per heavy atom. The molecule has 8 heteroatoms. The maximum absolute atomic E-state index is 13.0. The van der Waals surface area contributed by atoms with E-state index in [0.29, 0.717) is 39.1 Å². The van der Waals surface area contributed by atoms with E-state index in [1.54, 1.807) is 0 Å². The van der Waals surface area contributed by atoms with Gasteiger partial charge in [0.25, 0.3) is 0 Å². The fourth-order valence-electron chi connectivity index (χ4n) is 4.97. The first kappa shape index (κ1) is 24.7. The molecule has 1 aliphatic carbocycles. The second-order valence-corrected chi connectivity index (χ2v) is 9.12. The summed E-state index contributed by atoms with van der Waals surface area (Å²) in [6, 6.07) is 16.4. The molecule has 2 aliphatic rings. The van der Waals surface area contributed by atoms with E-state index < -0.39 is 12.1 Å². The molecule has 1 unspecified atom stereocenters. The second-order valence-electron chi connectivity index (χ2n) is 9.12. The summed E-state index contributed by atoms with van der Waals surface area (Å²) < 4.78 is 5.59. The maximum atomic E-state index is 13.0. The number of aliphatic carboxylic acids is 1. The Hall–Kier alpha value is -3.39. The summed E-state index contributed by atoms with van der Waals surface area (Å²) in [4.78, 5) is 40.1. The number of carbonyl (C=O) groups is 3. The number of hydrogen-bond acceptors (Lipinski definition) is 5. The van der Waals surface area contributed by atoms with Crippen LogP contribution in [0.5, 0.6) is 0 Å². The van der Waals surface area contributed by atoms with Gasteiger partial charge in [0.15, 0.2) is 0 Å². The molecule has 35 heavy (non-hydrogen) atoms. The molecule has 1 fully saturated rings. The summed E-state index contributed by atoms with van der Waals surface area (Å²) in [6.07, 6.45) is 0.203. The van der Waals surface area contributed by atoms with E-state index >= 15 is 0 Å². The van der Waals surface area contributed by atoms with Crippen molar-refractivity contribution in [1.82, 2.24) is 15.1 Å². The van der Waals surface area contributed by atoms with Crippen molar-refractivity contribution >= 4 is 18.0 Å². The lowest BCUT2D eigenvalue weighted by atomic mass is 9.98. The van der Waals surface area contributed by atoms with E-state index in [0.717, 1.165) is 11.1 Å². The summed E-state index contributed by atoms with van der Waals surface area (Å²) in [5.74, 6) is -1.12. The standard InChI is InChI=1S/C27H33N3O5/c1-2-19(26(33)30-15-13-29(14-16-30)12-11-25(31)32)17-28-27(34)35-18-24-22-9-5-3-7-20(22)21-8-4-6-10-23(21)24/h3-10,19,24H,2,11-18H2,1H3,(H,28,34)(H,31,32). The third-order valence-corrected chi connectivity index (χ3v) is 7.00. The molecule has 4 rings (SSSR count). The second kappa shape index (κ2) is 11.4. The highest BCUT2D eigenvalue weighted by atomic mass is 16.5. The quantitative estimate of drug-likeness (QED) is 0.573. The topological polar surface area (TPSA) is 99.2 Å². The summed E-state index contributed by atoms with van der Waals surface area (Å²) in [7, 11) is 0. The fourth-order valence-corrected chi connectivity index (χ4v) is 4.97. The molecule has 0 saturated carbocycles. The van der Waals surface area contributed by atoms with Crippen molar-refractivity contribution in [3.63, 3.8) is 0 Å². The zero-order valence-corrected chi connectivity index (χ0v) is 20.1. The van der Waals surface area contributed by atoms with Gasteiger partial charge in [-0.15, -0.1) is 0 Å². The number of amides is 2. The zero-order chi connectivity index (χ0) is 24.8. The molecule has 2 amide bonds. The largest absolute Gasteiger partial charge is 0.481 e. The first-order valence-corrected chi connectivity index (χ1v) is 12.3. The number of benzene rings is 2. The van der Waals surface area contributed by atoms with Gasteiger partial charge in [-0.1, -0.05) is 55.5 Å². The minimum absolute atomic E-state index is 0.00539. The van der Waals surface area contributed by atoms with Gasteiger partial charge >= 0.3 is 12.1 Å². The molecule has 1 aliphatic heterocycles. The molecule has 0 spiro atoms. The van der Waals surface area contributed by atoms with E-state index in [-0.39, 0.29) is 37.3 Å². The van der Waals surface area contributed by atoms with E-state index in [9.17, 15) is 14.4 Å². The van der Waals surface area contributed by atoms with E-state index in [1.165, 1.54) is 11.1 Å². The molecule has 186 valence electrons. The van der Waals surface area contributed by atoms with Crippen LogP contribution in [0, 0.1) is 5.92 Å². The van der Waals surface area contributed by atoms with Crippen LogP contribution in [0.25, 0.3) is 11.1 Å². The van der Waals surface area contributed by atoms with Crippen LogP contribution in [0.3, 0.4) is 0 Å². The summed E-state index contributed by atoms with van der Waals surface area (Å²) in [6.45, 7) is 5.36. The van der Waals surface area contributed by atoms with Crippen LogP contribution in [0.4, 0.5) is 4.79 Å². The predicted molar refractivity (Wildman–Crippen MR) is 132 cm³/mol. The predicted octanol–water partition coefficient (Wildman–Crippen LogP) is 3.17. The Labute approximate surface area is 205 Å². The lowest BCUT2D eigenvalue weighted by Crippen LogP contribution is -2.51. The van der Waals surface area contributed by atoms with Crippen molar-refractivity contribution in [3.8, 4) is 11.1 Å². The molecular weight excluding hydrogens is 446 g/mol. The Morgan fingerprint density at radius 2 is 1.60 bits per heavy atom. The number of alkyl carbamates (subject to hydrolysis) is 1. The molecule has 2 aromatic rings. The lowest BCUT2D eigenvalue weighted by Gasteiger charge is -2.36. The average Bonchev–Trinajstić information content (AvgIpc) is 3.20. The summed E-state index contributed by atoms with van der Waals surface area (Å²) in [5, 5.41) is 11.6. The van der Waals surface area contributed by atoms with Gasteiger partial charge in [0.1, 0.15) is 6.61 Å². The highest BCUT2D eigenvalue weighted by molar-refractivity contribution is 5.80. The van der Waals surface area contributed by atoms with Crippen LogP contribution in [-0.4, -0.2) is 78.8 Å². The highest BCUT2D eigenvalue weighted by Gasteiger charge is 2.30. The molecule has 8 nitrogen and oxygen atoms in total. The fraction of sp³-hybridized carbons (Fsp3) is 0.444. The molecule has 2 N–H and O–H groups in total. The van der Waals surface area contributed by atoms with Crippen molar-refractivity contribution in [3.05, 3.63) is 59.7 Å². The monoisotopic (exact) mass is 479 g/mol. The van der Waals surface area contributed by atoms with Crippen LogP contribution in [0.2, 0.25) is 0 Å². The number of fused-ring (bicyclic) bond motifs is 3. The number of nitrogens with zero attached hydrogens (tertiary/aromatic N) is 2. The first-order chi connectivity index (χ1) is 17.0. The van der Waals surface area contributed by atoms with Crippen LogP contribution < -0.4 is 5.32 Å². The van der Waals surface area contributed by atoms with Crippen molar-refractivity contribution < 1.29 is 24.2 Å². The van der Waals surface area contributed by atoms with E-state index in [2.05, 4.69) is 34.5 Å². The summed E-state index contributed by atoms with van der Waals surface area (Å²) >= 11 is 0. The van der Waals surface area contributed by atoms with Crippen molar-refractivity contribution in [2.24, 2.45) is 5.92 Å². The third-order valence-electron chi connectivity index (χ3n) is 7.00. The number of rotatable bonds is 9. The number of nitrogens with one attached hydrogen (secondary N) is 1. The van der Waals surface area contributed by atoms with Gasteiger partial charge in [0.05, 0.1) is 12.3 Å². The van der Waals surface area contributed by atoms with Gasteiger partial charge in [0.2, 0.25) is 5.91 Å². The SMILES string of the molecule is CCC(CNC(=O)OCC1c2ccccc2-c2ccccc21)C(=O)N1CCN(CCC(=O)O)CC1. The van der Waals surface area contributed by atoms with Gasteiger partial charge in [-0.25, -0.2) is 4.79 Å². The highest BCUT2D eigenvalue weighted by Crippen LogP contribution is 2.44. The molecule has 0 radical (unpaired) electrons. The van der Waals surface area contributed by atoms with Gasteiger partial charge in [-0.2, -0.15) is 0 Å². The number of carboxylic acids is 1. The minimum Gasteiger partial charge on any atom is -0.481 e. The molecule has 0 bridgehead atoms. The number of hydrogen-bond donors (Lipinski definition) is 2. The average molecular weight is 480 g/mol. The Kier molecular flexibility index (Phi) is 8.02. The zero-order valence-electron chi connectivity index (χ0n) is 20.1. The van der Waals surface area contributed by atoms with Crippen molar-refractivity contribution in [2.45, 2.75) is 25.7 Å².